The number of allylic oxidation sites excluding steroid dienone is 1. The molecule has 1 atom stereocenters. The van der Waals surface area contributed by atoms with Crippen LogP contribution in [0.2, 0.25) is 0 Å². The van der Waals surface area contributed by atoms with Gasteiger partial charge in [0, 0.05) is 12.7 Å². The summed E-state index contributed by atoms with van der Waals surface area (Å²) >= 11 is 1.31. The van der Waals surface area contributed by atoms with Gasteiger partial charge in [-0.3, -0.25) is 9.36 Å². The quantitative estimate of drug-likeness (QED) is 0.162. The average Bonchev–Trinajstić information content (AvgIpc) is 3.30. The zero-order valence-corrected chi connectivity index (χ0v) is 23.7. The number of methoxy groups -OCH3 is 2. The van der Waals surface area contributed by atoms with Gasteiger partial charge in [0.2, 0.25) is 0 Å². The number of esters is 1. The molecule has 1 aromatic heterocycles. The summed E-state index contributed by atoms with van der Waals surface area (Å²) in [5.41, 5.74) is 2.18. The van der Waals surface area contributed by atoms with Crippen LogP contribution in [-0.4, -0.2) is 38.0 Å². The van der Waals surface area contributed by atoms with Crippen LogP contribution in [0, 0.1) is 0 Å². The lowest BCUT2D eigenvalue weighted by atomic mass is 9.95. The Hall–Kier alpha value is -4.53. The summed E-state index contributed by atoms with van der Waals surface area (Å²) in [6, 6.07) is 25.1. The molecule has 0 amide bonds. The third-order valence-corrected chi connectivity index (χ3v) is 8.27. The average molecular weight is 565 g/mol. The van der Waals surface area contributed by atoms with E-state index in [0.717, 1.165) is 27.1 Å². The summed E-state index contributed by atoms with van der Waals surface area (Å²) in [5.74, 6) is 0.0116. The van der Waals surface area contributed by atoms with Gasteiger partial charge in [0.15, 0.2) is 4.80 Å². The van der Waals surface area contributed by atoms with Crippen molar-refractivity contribution in [2.45, 2.75) is 13.0 Å². The largest absolute Gasteiger partial charge is 0.496 e. The second kappa shape index (κ2) is 11.2. The number of carbonyl (C=O) groups is 1. The Morgan fingerprint density at radius 3 is 2.29 bits per heavy atom. The highest BCUT2D eigenvalue weighted by molar-refractivity contribution is 7.07. The molecule has 0 radical (unpaired) electrons. The number of ether oxygens (including phenoxy) is 3. The van der Waals surface area contributed by atoms with Crippen molar-refractivity contribution >= 4 is 44.9 Å². The van der Waals surface area contributed by atoms with E-state index in [2.05, 4.69) is 30.3 Å². The van der Waals surface area contributed by atoms with Crippen molar-refractivity contribution < 1.29 is 19.0 Å². The Kier molecular flexibility index (Phi) is 7.26. The number of rotatable bonds is 7. The Labute approximate surface area is 240 Å². The maximum absolute atomic E-state index is 14.3. The van der Waals surface area contributed by atoms with Gasteiger partial charge in [-0.15, -0.1) is 0 Å². The predicted octanol–water partition coefficient (Wildman–Crippen LogP) is 4.74. The molecule has 0 saturated heterocycles. The molecule has 1 aliphatic rings. The predicted molar refractivity (Wildman–Crippen MR) is 161 cm³/mol. The van der Waals surface area contributed by atoms with Crippen LogP contribution < -0.4 is 19.6 Å². The van der Waals surface area contributed by atoms with Crippen molar-refractivity contribution in [3.8, 4) is 5.75 Å². The maximum Gasteiger partial charge on any atom is 0.338 e. The Morgan fingerprint density at radius 2 is 1.61 bits per heavy atom. The molecule has 6 rings (SSSR count). The summed E-state index contributed by atoms with van der Waals surface area (Å²) in [6.45, 7) is 2.12. The third-order valence-electron chi connectivity index (χ3n) is 7.28. The lowest BCUT2D eigenvalue weighted by molar-refractivity contribution is -0.140. The summed E-state index contributed by atoms with van der Waals surface area (Å²) in [7, 11) is 3.11. The van der Waals surface area contributed by atoms with Gasteiger partial charge >= 0.3 is 5.97 Å². The summed E-state index contributed by atoms with van der Waals surface area (Å²) in [5, 5.41) is 4.29. The van der Waals surface area contributed by atoms with Crippen LogP contribution in [0.3, 0.4) is 0 Å². The van der Waals surface area contributed by atoms with Gasteiger partial charge in [-0.25, -0.2) is 9.79 Å². The molecule has 41 heavy (non-hydrogen) atoms. The molecule has 0 spiro atoms. The summed E-state index contributed by atoms with van der Waals surface area (Å²) in [4.78, 5) is 32.9. The highest BCUT2D eigenvalue weighted by atomic mass is 32.1. The fourth-order valence-electron chi connectivity index (χ4n) is 5.40. The normalized spacial score (nSPS) is 15.2. The van der Waals surface area contributed by atoms with E-state index in [4.69, 9.17) is 19.2 Å². The van der Waals surface area contributed by atoms with Crippen molar-refractivity contribution in [3.05, 3.63) is 121 Å². The van der Waals surface area contributed by atoms with E-state index in [-0.39, 0.29) is 18.8 Å². The van der Waals surface area contributed by atoms with Gasteiger partial charge in [0.25, 0.3) is 5.56 Å². The minimum atomic E-state index is -0.774. The number of thiazole rings is 1. The standard InChI is InChI=1S/C33H28N2O5S/c1-20-29(32(37)40-17-16-38-2)30(25-14-8-9-15-27(25)39-3)35-31(36)28(41-33(35)34-20)19-26-23-12-6-4-10-21(23)18-22-11-5-7-13-24(22)26/h4-15,18-19,30H,16-17H2,1-3H3. The molecule has 4 aromatic carbocycles. The van der Waals surface area contributed by atoms with Crippen LogP contribution in [0.5, 0.6) is 5.75 Å². The highest BCUT2D eigenvalue weighted by Gasteiger charge is 2.35. The Bertz CT molecular complexity index is 1970. The van der Waals surface area contributed by atoms with E-state index in [9.17, 15) is 9.59 Å². The van der Waals surface area contributed by atoms with Crippen LogP contribution in [0.4, 0.5) is 0 Å². The molecule has 206 valence electrons. The number of aromatic nitrogens is 1. The fraction of sp³-hybridized carbons (Fsp3) is 0.182. The second-order valence-corrected chi connectivity index (χ2v) is 10.7. The molecule has 1 aliphatic heterocycles. The van der Waals surface area contributed by atoms with Gasteiger partial charge in [0.1, 0.15) is 18.4 Å². The van der Waals surface area contributed by atoms with Crippen LogP contribution in [0.15, 0.2) is 99.9 Å². The summed E-state index contributed by atoms with van der Waals surface area (Å²) < 4.78 is 18.4. The maximum atomic E-state index is 14.3. The molecule has 5 aromatic rings. The molecule has 1 unspecified atom stereocenters. The number of hydrogen-bond acceptors (Lipinski definition) is 7. The number of nitrogens with zero attached hydrogens (tertiary/aromatic N) is 2. The van der Waals surface area contributed by atoms with E-state index in [1.165, 1.54) is 11.3 Å². The van der Waals surface area contributed by atoms with Crippen LogP contribution >= 0.6 is 11.3 Å². The number of para-hydroxylation sites is 1. The lowest BCUT2D eigenvalue weighted by Gasteiger charge is -2.26. The minimum absolute atomic E-state index is 0.0866. The highest BCUT2D eigenvalue weighted by Crippen LogP contribution is 2.36. The monoisotopic (exact) mass is 564 g/mol. The van der Waals surface area contributed by atoms with Gasteiger partial charge in [-0.2, -0.15) is 0 Å². The first kappa shape index (κ1) is 26.7. The molecule has 7 nitrogen and oxygen atoms in total. The first-order valence-corrected chi connectivity index (χ1v) is 14.1. The molecule has 0 N–H and O–H groups in total. The molecule has 0 bridgehead atoms. The van der Waals surface area contributed by atoms with E-state index in [1.807, 2.05) is 54.6 Å². The second-order valence-electron chi connectivity index (χ2n) is 9.68. The van der Waals surface area contributed by atoms with E-state index >= 15 is 0 Å². The Morgan fingerprint density at radius 1 is 0.951 bits per heavy atom. The van der Waals surface area contributed by atoms with Crippen molar-refractivity contribution in [1.82, 2.24) is 4.57 Å². The van der Waals surface area contributed by atoms with Gasteiger partial charge in [-0.1, -0.05) is 78.1 Å². The van der Waals surface area contributed by atoms with Gasteiger partial charge in [-0.05, 0) is 52.2 Å². The molecule has 8 heteroatoms. The van der Waals surface area contributed by atoms with Crippen molar-refractivity contribution in [1.29, 1.82) is 0 Å². The first-order valence-electron chi connectivity index (χ1n) is 13.2. The smallest absolute Gasteiger partial charge is 0.338 e. The summed E-state index contributed by atoms with van der Waals surface area (Å²) in [6.07, 6.45) is 1.95. The number of carbonyl (C=O) groups excluding carboxylic acids is 1. The topological polar surface area (TPSA) is 79.1 Å². The number of hydrogen-bond donors (Lipinski definition) is 0. The van der Waals surface area contributed by atoms with Crippen LogP contribution in [-0.2, 0) is 14.3 Å². The first-order chi connectivity index (χ1) is 20.0. The van der Waals surface area contributed by atoms with Crippen molar-refractivity contribution in [2.24, 2.45) is 4.99 Å². The van der Waals surface area contributed by atoms with Crippen LogP contribution in [0.1, 0.15) is 24.1 Å². The third kappa shape index (κ3) is 4.75. The van der Waals surface area contributed by atoms with E-state index in [0.29, 0.717) is 31.9 Å². The molecular weight excluding hydrogens is 536 g/mol. The van der Waals surface area contributed by atoms with E-state index < -0.39 is 12.0 Å². The molecular formula is C33H28N2O5S. The van der Waals surface area contributed by atoms with E-state index in [1.54, 1.807) is 25.7 Å². The number of benzene rings is 4. The molecule has 0 aliphatic carbocycles. The van der Waals surface area contributed by atoms with Crippen LogP contribution in [0.25, 0.3) is 27.6 Å². The Balaban J connectivity index is 1.61. The number of fused-ring (bicyclic) bond motifs is 3. The molecule has 0 fully saturated rings. The SMILES string of the molecule is COCCOC(=O)C1=C(C)N=c2sc(=Cc3c4ccccc4cc4ccccc34)c(=O)n2C1c1ccccc1OC. The van der Waals surface area contributed by atoms with Crippen molar-refractivity contribution in [2.75, 3.05) is 27.4 Å². The lowest BCUT2D eigenvalue weighted by Crippen LogP contribution is -2.40. The fourth-order valence-corrected chi connectivity index (χ4v) is 6.43. The molecule has 2 heterocycles. The zero-order chi connectivity index (χ0) is 28.5. The zero-order valence-electron chi connectivity index (χ0n) is 22.9. The van der Waals surface area contributed by atoms with Gasteiger partial charge in [0.05, 0.1) is 29.5 Å². The van der Waals surface area contributed by atoms with Gasteiger partial charge < -0.3 is 14.2 Å². The minimum Gasteiger partial charge on any atom is -0.496 e. The molecule has 0 saturated carbocycles. The van der Waals surface area contributed by atoms with Crippen molar-refractivity contribution in [3.63, 3.8) is 0 Å².